The van der Waals surface area contributed by atoms with Gasteiger partial charge < -0.3 is 4.52 Å². The van der Waals surface area contributed by atoms with Gasteiger partial charge in [0.25, 0.3) is 10.0 Å². The van der Waals surface area contributed by atoms with Crippen molar-refractivity contribution in [2.24, 2.45) is 0 Å². The van der Waals surface area contributed by atoms with Crippen LogP contribution in [0.5, 0.6) is 0 Å². The maximum atomic E-state index is 13.6. The van der Waals surface area contributed by atoms with Crippen molar-refractivity contribution < 1.29 is 12.9 Å². The van der Waals surface area contributed by atoms with Crippen molar-refractivity contribution in [1.29, 1.82) is 0 Å². The number of rotatable bonds is 5. The fourth-order valence-corrected chi connectivity index (χ4v) is 5.62. The van der Waals surface area contributed by atoms with Crippen LogP contribution in [0.15, 0.2) is 70.6 Å². The SMILES string of the molecule is Cc1noc(C)c1-c1cnc2c(-c3cnc(C4CC4)nc3)cn(S(=O)(=O)c3ccccc3)c2c1. The number of benzene rings is 1. The summed E-state index contributed by atoms with van der Waals surface area (Å²) in [5, 5.41) is 4.03. The number of aromatic nitrogens is 5. The van der Waals surface area contributed by atoms with Crippen LogP contribution in [0.3, 0.4) is 0 Å². The summed E-state index contributed by atoms with van der Waals surface area (Å²) in [4.78, 5) is 13.9. The summed E-state index contributed by atoms with van der Waals surface area (Å²) in [7, 11) is -3.87. The Balaban J connectivity index is 1.59. The molecule has 0 unspecified atom stereocenters. The number of pyridine rings is 1. The zero-order valence-electron chi connectivity index (χ0n) is 18.6. The minimum atomic E-state index is -3.87. The summed E-state index contributed by atoms with van der Waals surface area (Å²) in [6, 6.07) is 10.2. The molecule has 0 bridgehead atoms. The van der Waals surface area contributed by atoms with Crippen molar-refractivity contribution in [2.45, 2.75) is 37.5 Å². The van der Waals surface area contributed by atoms with Crippen molar-refractivity contribution in [2.75, 3.05) is 0 Å². The number of aryl methyl sites for hydroxylation is 2. The Bertz CT molecular complexity index is 1610. The normalized spacial score (nSPS) is 14.1. The molecule has 0 aliphatic heterocycles. The quantitative estimate of drug-likeness (QED) is 0.360. The van der Waals surface area contributed by atoms with E-state index in [1.54, 1.807) is 55.1 Å². The van der Waals surface area contributed by atoms with Crippen LogP contribution < -0.4 is 0 Å². The number of hydrogen-bond donors (Lipinski definition) is 0. The number of nitrogens with zero attached hydrogens (tertiary/aromatic N) is 5. The maximum Gasteiger partial charge on any atom is 0.268 e. The Kier molecular flexibility index (Phi) is 4.63. The van der Waals surface area contributed by atoms with E-state index in [0.717, 1.165) is 29.8 Å². The molecule has 1 aliphatic carbocycles. The molecule has 0 radical (unpaired) electrons. The van der Waals surface area contributed by atoms with Crippen LogP contribution in [0.4, 0.5) is 0 Å². The van der Waals surface area contributed by atoms with E-state index < -0.39 is 10.0 Å². The van der Waals surface area contributed by atoms with E-state index >= 15 is 0 Å². The van der Waals surface area contributed by atoms with Crippen molar-refractivity contribution >= 4 is 21.1 Å². The molecule has 4 heterocycles. The summed E-state index contributed by atoms with van der Waals surface area (Å²) in [6.07, 6.45) is 9.04. The van der Waals surface area contributed by atoms with E-state index in [2.05, 4.69) is 20.1 Å². The highest BCUT2D eigenvalue weighted by atomic mass is 32.2. The largest absolute Gasteiger partial charge is 0.361 e. The van der Waals surface area contributed by atoms with Gasteiger partial charge in [-0.25, -0.2) is 22.4 Å². The van der Waals surface area contributed by atoms with Crippen LogP contribution in [-0.4, -0.2) is 32.5 Å². The van der Waals surface area contributed by atoms with Crippen LogP contribution in [0.25, 0.3) is 33.3 Å². The minimum absolute atomic E-state index is 0.196. The molecule has 0 atom stereocenters. The third-order valence-electron chi connectivity index (χ3n) is 6.15. The molecule has 170 valence electrons. The second kappa shape index (κ2) is 7.59. The number of hydrogen-bond acceptors (Lipinski definition) is 7. The molecular weight excluding hydrogens is 450 g/mol. The molecule has 1 aromatic carbocycles. The predicted molar refractivity (Wildman–Crippen MR) is 127 cm³/mol. The van der Waals surface area contributed by atoms with E-state index in [0.29, 0.717) is 39.5 Å². The second-order valence-electron chi connectivity index (χ2n) is 8.55. The first kappa shape index (κ1) is 20.7. The summed E-state index contributed by atoms with van der Waals surface area (Å²) in [5.41, 5.74) is 4.64. The van der Waals surface area contributed by atoms with Gasteiger partial charge in [-0.3, -0.25) is 4.98 Å². The Hall–Kier alpha value is -3.85. The lowest BCUT2D eigenvalue weighted by molar-refractivity contribution is 0.393. The van der Waals surface area contributed by atoms with Crippen molar-refractivity contribution in [3.63, 3.8) is 0 Å². The van der Waals surface area contributed by atoms with Gasteiger partial charge in [-0.1, -0.05) is 23.4 Å². The van der Waals surface area contributed by atoms with E-state index in [4.69, 9.17) is 4.52 Å². The van der Waals surface area contributed by atoms with Crippen LogP contribution in [0.1, 0.15) is 36.0 Å². The van der Waals surface area contributed by atoms with E-state index in [1.807, 2.05) is 19.9 Å². The van der Waals surface area contributed by atoms with Gasteiger partial charge in [-0.15, -0.1) is 0 Å². The van der Waals surface area contributed by atoms with Crippen molar-refractivity contribution in [1.82, 2.24) is 24.1 Å². The fraction of sp³-hybridized carbons (Fsp3) is 0.200. The molecule has 0 spiro atoms. The van der Waals surface area contributed by atoms with Gasteiger partial charge in [0.1, 0.15) is 11.6 Å². The zero-order chi connectivity index (χ0) is 23.4. The summed E-state index contributed by atoms with van der Waals surface area (Å²) in [6.45, 7) is 3.67. The van der Waals surface area contributed by atoms with Gasteiger partial charge in [-0.05, 0) is 44.9 Å². The molecule has 1 saturated carbocycles. The van der Waals surface area contributed by atoms with Gasteiger partial charge >= 0.3 is 0 Å². The van der Waals surface area contributed by atoms with Gasteiger partial charge in [0.2, 0.25) is 0 Å². The predicted octanol–water partition coefficient (Wildman–Crippen LogP) is 4.88. The lowest BCUT2D eigenvalue weighted by Gasteiger charge is -2.08. The van der Waals surface area contributed by atoms with E-state index in [1.165, 1.54) is 3.97 Å². The highest BCUT2D eigenvalue weighted by Gasteiger charge is 2.27. The first-order valence-electron chi connectivity index (χ1n) is 11.0. The summed E-state index contributed by atoms with van der Waals surface area (Å²) < 4.78 is 33.9. The van der Waals surface area contributed by atoms with Crippen LogP contribution in [0.2, 0.25) is 0 Å². The highest BCUT2D eigenvalue weighted by Crippen LogP contribution is 2.39. The molecule has 0 saturated heterocycles. The summed E-state index contributed by atoms with van der Waals surface area (Å²) in [5.74, 6) is 1.91. The summed E-state index contributed by atoms with van der Waals surface area (Å²) >= 11 is 0. The molecule has 34 heavy (non-hydrogen) atoms. The van der Waals surface area contributed by atoms with Crippen molar-refractivity contribution in [3.05, 3.63) is 78.5 Å². The van der Waals surface area contributed by atoms with Gasteiger partial charge in [0, 0.05) is 53.0 Å². The van der Waals surface area contributed by atoms with Gasteiger partial charge in [-0.2, -0.15) is 0 Å². The highest BCUT2D eigenvalue weighted by molar-refractivity contribution is 7.90. The Morgan fingerprint density at radius 3 is 2.32 bits per heavy atom. The molecule has 6 rings (SSSR count). The third kappa shape index (κ3) is 3.31. The standard InChI is InChI=1S/C25H21N5O3S/c1-15-23(16(2)33-29-15)18-10-22-24(26-11-18)21(19-12-27-25(28-13-19)17-8-9-17)14-30(22)34(31,32)20-6-4-3-5-7-20/h3-7,10-14,17H,8-9H2,1-2H3. The second-order valence-corrected chi connectivity index (χ2v) is 10.4. The lowest BCUT2D eigenvalue weighted by atomic mass is 10.1. The third-order valence-corrected chi connectivity index (χ3v) is 7.84. The number of fused-ring (bicyclic) bond motifs is 1. The average Bonchev–Trinajstić information content (AvgIpc) is 3.55. The van der Waals surface area contributed by atoms with Crippen LogP contribution in [-0.2, 0) is 10.0 Å². The van der Waals surface area contributed by atoms with Crippen LogP contribution in [0, 0.1) is 13.8 Å². The minimum Gasteiger partial charge on any atom is -0.361 e. The van der Waals surface area contributed by atoms with Crippen molar-refractivity contribution in [3.8, 4) is 22.3 Å². The first-order chi connectivity index (χ1) is 16.4. The van der Waals surface area contributed by atoms with Crippen LogP contribution >= 0.6 is 0 Å². The molecule has 9 heteroatoms. The Morgan fingerprint density at radius 1 is 0.971 bits per heavy atom. The monoisotopic (exact) mass is 471 g/mol. The Morgan fingerprint density at radius 2 is 1.68 bits per heavy atom. The van der Waals surface area contributed by atoms with Gasteiger partial charge in [0.05, 0.1) is 21.6 Å². The smallest absolute Gasteiger partial charge is 0.268 e. The topological polar surface area (TPSA) is 104 Å². The van der Waals surface area contributed by atoms with E-state index in [9.17, 15) is 8.42 Å². The lowest BCUT2D eigenvalue weighted by Crippen LogP contribution is -2.11. The Labute approximate surface area is 196 Å². The fourth-order valence-electron chi connectivity index (χ4n) is 4.25. The molecular formula is C25H21N5O3S. The molecule has 5 aromatic rings. The molecule has 0 amide bonds. The molecule has 0 N–H and O–H groups in total. The van der Waals surface area contributed by atoms with E-state index in [-0.39, 0.29) is 4.90 Å². The molecule has 1 fully saturated rings. The molecule has 1 aliphatic rings. The molecule has 4 aromatic heterocycles. The maximum absolute atomic E-state index is 13.6. The molecule has 8 nitrogen and oxygen atoms in total. The zero-order valence-corrected chi connectivity index (χ0v) is 19.5. The van der Waals surface area contributed by atoms with Gasteiger partial charge in [0.15, 0.2) is 0 Å². The first-order valence-corrected chi connectivity index (χ1v) is 12.4. The average molecular weight is 472 g/mol.